The van der Waals surface area contributed by atoms with Gasteiger partial charge in [-0.3, -0.25) is 0 Å². The van der Waals surface area contributed by atoms with Crippen LogP contribution in [0.2, 0.25) is 5.15 Å². The molecule has 0 aliphatic heterocycles. The quantitative estimate of drug-likeness (QED) is 0.870. The lowest BCUT2D eigenvalue weighted by Crippen LogP contribution is -2.41. The Labute approximate surface area is 119 Å². The highest BCUT2D eigenvalue weighted by atomic mass is 35.5. The van der Waals surface area contributed by atoms with E-state index in [0.717, 1.165) is 25.7 Å². The van der Waals surface area contributed by atoms with E-state index in [4.69, 9.17) is 11.6 Å². The van der Waals surface area contributed by atoms with E-state index >= 15 is 0 Å². The molecule has 4 nitrogen and oxygen atoms in total. The van der Waals surface area contributed by atoms with E-state index in [0.29, 0.717) is 11.1 Å². The molecule has 1 aliphatic rings. The summed E-state index contributed by atoms with van der Waals surface area (Å²) >= 11 is 5.67. The number of nitrogens with zero attached hydrogens (tertiary/aromatic N) is 1. The maximum Gasteiger partial charge on any atom is 0.242 e. The summed E-state index contributed by atoms with van der Waals surface area (Å²) in [6.45, 7) is 2.11. The molecule has 1 aromatic heterocycles. The van der Waals surface area contributed by atoms with Gasteiger partial charge >= 0.3 is 0 Å². The van der Waals surface area contributed by atoms with Crippen LogP contribution in [-0.2, 0) is 10.0 Å². The normalized spacial score (nSPS) is 24.3. The first-order valence-corrected chi connectivity index (χ1v) is 8.53. The van der Waals surface area contributed by atoms with Crippen molar-refractivity contribution in [3.63, 3.8) is 0 Å². The van der Waals surface area contributed by atoms with Crippen LogP contribution in [0, 0.1) is 5.92 Å². The number of hydrogen-bond donors (Lipinski definition) is 1. The van der Waals surface area contributed by atoms with Crippen molar-refractivity contribution in [3.05, 3.63) is 23.5 Å². The Balaban J connectivity index is 2.14. The fourth-order valence-corrected chi connectivity index (χ4v) is 4.04. The fourth-order valence-electron chi connectivity index (χ4n) is 2.64. The van der Waals surface area contributed by atoms with Gasteiger partial charge in [0.1, 0.15) is 10.0 Å². The van der Waals surface area contributed by atoms with Crippen molar-refractivity contribution in [3.8, 4) is 0 Å². The SMILES string of the molecule is CC[C@H]1CCCC[C@H]1NS(=O)(=O)c1ccc(Cl)nc1. The standard InChI is InChI=1S/C13H19ClN2O2S/c1-2-10-5-3-4-6-12(10)16-19(17,18)11-7-8-13(14)15-9-11/h7-10,12,16H,2-6H2,1H3/t10-,12+/m0/s1. The zero-order valence-electron chi connectivity index (χ0n) is 11.0. The molecule has 1 heterocycles. The molecule has 1 aromatic rings. The lowest BCUT2D eigenvalue weighted by atomic mass is 9.83. The van der Waals surface area contributed by atoms with Crippen LogP contribution in [-0.4, -0.2) is 19.4 Å². The predicted molar refractivity (Wildman–Crippen MR) is 75.6 cm³/mol. The van der Waals surface area contributed by atoms with Crippen molar-refractivity contribution in [1.82, 2.24) is 9.71 Å². The molecule has 6 heteroatoms. The van der Waals surface area contributed by atoms with Crippen LogP contribution in [0.25, 0.3) is 0 Å². The van der Waals surface area contributed by atoms with Gasteiger partial charge in [-0.25, -0.2) is 18.1 Å². The molecule has 1 fully saturated rings. The summed E-state index contributed by atoms with van der Waals surface area (Å²) in [6.07, 6.45) is 6.60. The van der Waals surface area contributed by atoms with Crippen molar-refractivity contribution in [1.29, 1.82) is 0 Å². The molecule has 0 saturated heterocycles. The number of pyridine rings is 1. The van der Waals surface area contributed by atoms with E-state index in [-0.39, 0.29) is 10.9 Å². The Kier molecular flexibility index (Phi) is 4.81. The second-order valence-corrected chi connectivity index (χ2v) is 7.10. The molecule has 0 amide bonds. The number of rotatable bonds is 4. The zero-order chi connectivity index (χ0) is 13.9. The minimum atomic E-state index is -3.49. The van der Waals surface area contributed by atoms with Crippen molar-refractivity contribution < 1.29 is 8.42 Å². The molecule has 1 N–H and O–H groups in total. The molecule has 0 aromatic carbocycles. The number of nitrogens with one attached hydrogen (secondary N) is 1. The molecule has 0 spiro atoms. The van der Waals surface area contributed by atoms with Gasteiger partial charge < -0.3 is 0 Å². The van der Waals surface area contributed by atoms with Crippen molar-refractivity contribution >= 4 is 21.6 Å². The number of hydrogen-bond acceptors (Lipinski definition) is 3. The average molecular weight is 303 g/mol. The summed E-state index contributed by atoms with van der Waals surface area (Å²) in [6, 6.07) is 3.02. The minimum Gasteiger partial charge on any atom is -0.243 e. The number of halogens is 1. The fraction of sp³-hybridized carbons (Fsp3) is 0.615. The summed E-state index contributed by atoms with van der Waals surface area (Å²) < 4.78 is 27.4. The summed E-state index contributed by atoms with van der Waals surface area (Å²) in [5.41, 5.74) is 0. The first-order valence-electron chi connectivity index (χ1n) is 6.67. The first kappa shape index (κ1) is 14.8. The van der Waals surface area contributed by atoms with Crippen molar-refractivity contribution in [2.45, 2.75) is 50.0 Å². The maximum absolute atomic E-state index is 12.3. The highest BCUT2D eigenvalue weighted by Gasteiger charge is 2.28. The van der Waals surface area contributed by atoms with E-state index in [1.807, 2.05) is 0 Å². The van der Waals surface area contributed by atoms with Gasteiger partial charge in [0.25, 0.3) is 0 Å². The van der Waals surface area contributed by atoms with Crippen LogP contribution in [0.15, 0.2) is 23.2 Å². The average Bonchev–Trinajstić information content (AvgIpc) is 2.39. The molecule has 106 valence electrons. The molecule has 0 radical (unpaired) electrons. The molecule has 0 unspecified atom stereocenters. The van der Waals surface area contributed by atoms with Gasteiger partial charge in [-0.15, -0.1) is 0 Å². The monoisotopic (exact) mass is 302 g/mol. The first-order chi connectivity index (χ1) is 9.03. The Morgan fingerprint density at radius 2 is 2.11 bits per heavy atom. The lowest BCUT2D eigenvalue weighted by molar-refractivity contribution is 0.282. The molecular formula is C13H19ClN2O2S. The number of sulfonamides is 1. The molecule has 19 heavy (non-hydrogen) atoms. The molecule has 0 bridgehead atoms. The molecule has 1 aliphatic carbocycles. The number of aromatic nitrogens is 1. The minimum absolute atomic E-state index is 0.0411. The Morgan fingerprint density at radius 1 is 1.37 bits per heavy atom. The van der Waals surface area contributed by atoms with E-state index in [1.54, 1.807) is 0 Å². The maximum atomic E-state index is 12.3. The van der Waals surface area contributed by atoms with E-state index in [2.05, 4.69) is 16.6 Å². The summed E-state index contributed by atoms with van der Waals surface area (Å²) in [4.78, 5) is 4.00. The highest BCUT2D eigenvalue weighted by Crippen LogP contribution is 2.28. The van der Waals surface area contributed by atoms with Gasteiger partial charge in [-0.2, -0.15) is 0 Å². The third kappa shape index (κ3) is 3.68. The van der Waals surface area contributed by atoms with E-state index in [1.165, 1.54) is 24.8 Å². The van der Waals surface area contributed by atoms with Gasteiger partial charge in [0.15, 0.2) is 0 Å². The van der Waals surface area contributed by atoms with Crippen molar-refractivity contribution in [2.75, 3.05) is 0 Å². The Morgan fingerprint density at radius 3 is 2.74 bits per heavy atom. The molecule has 2 rings (SSSR count). The summed E-state index contributed by atoms with van der Waals surface area (Å²) in [7, 11) is -3.49. The Hall–Kier alpha value is -0.650. The van der Waals surface area contributed by atoms with Gasteiger partial charge in [0.2, 0.25) is 10.0 Å². The third-order valence-corrected chi connectivity index (χ3v) is 5.45. The van der Waals surface area contributed by atoms with Gasteiger partial charge in [-0.05, 0) is 30.9 Å². The van der Waals surface area contributed by atoms with Gasteiger partial charge in [0.05, 0.1) is 0 Å². The van der Waals surface area contributed by atoms with Gasteiger partial charge in [0, 0.05) is 12.2 Å². The van der Waals surface area contributed by atoms with Crippen LogP contribution in [0.5, 0.6) is 0 Å². The van der Waals surface area contributed by atoms with Crippen LogP contribution >= 0.6 is 11.6 Å². The second kappa shape index (κ2) is 6.20. The smallest absolute Gasteiger partial charge is 0.242 e. The molecular weight excluding hydrogens is 284 g/mol. The van der Waals surface area contributed by atoms with Crippen LogP contribution in [0.4, 0.5) is 0 Å². The largest absolute Gasteiger partial charge is 0.243 e. The summed E-state index contributed by atoms with van der Waals surface area (Å²) in [5.74, 6) is 0.434. The summed E-state index contributed by atoms with van der Waals surface area (Å²) in [5, 5.41) is 0.294. The zero-order valence-corrected chi connectivity index (χ0v) is 12.5. The van der Waals surface area contributed by atoms with Crippen LogP contribution < -0.4 is 4.72 Å². The third-order valence-electron chi connectivity index (χ3n) is 3.75. The lowest BCUT2D eigenvalue weighted by Gasteiger charge is -2.31. The topological polar surface area (TPSA) is 59.1 Å². The molecule has 1 saturated carbocycles. The highest BCUT2D eigenvalue weighted by molar-refractivity contribution is 7.89. The Bertz CT molecular complexity index is 516. The van der Waals surface area contributed by atoms with Crippen molar-refractivity contribution in [2.24, 2.45) is 5.92 Å². The van der Waals surface area contributed by atoms with Crippen LogP contribution in [0.1, 0.15) is 39.0 Å². The van der Waals surface area contributed by atoms with Gasteiger partial charge in [-0.1, -0.05) is 37.8 Å². The second-order valence-electron chi connectivity index (χ2n) is 5.00. The van der Waals surface area contributed by atoms with E-state index in [9.17, 15) is 8.42 Å². The van der Waals surface area contributed by atoms with Crippen LogP contribution in [0.3, 0.4) is 0 Å². The predicted octanol–water partition coefficient (Wildman–Crippen LogP) is 2.98. The van der Waals surface area contributed by atoms with E-state index < -0.39 is 10.0 Å². The molecule has 2 atom stereocenters.